The maximum absolute atomic E-state index is 11.5. The molecule has 0 amide bonds. The first-order valence-corrected chi connectivity index (χ1v) is 7.97. The maximum Gasteiger partial charge on any atom is 0.182 e. The second kappa shape index (κ2) is 4.81. The van der Waals surface area contributed by atoms with Crippen molar-refractivity contribution in [2.75, 3.05) is 23.9 Å². The molecule has 0 aliphatic carbocycles. The number of nitrogens with zero attached hydrogens (tertiary/aromatic N) is 1. The lowest BCUT2D eigenvalue weighted by Gasteiger charge is -2.18. The summed E-state index contributed by atoms with van der Waals surface area (Å²) >= 11 is 1.09. The lowest BCUT2D eigenvalue weighted by atomic mass is 9.92. The number of nitrogens with one attached hydrogen (secondary N) is 1. The van der Waals surface area contributed by atoms with Gasteiger partial charge in [0.1, 0.15) is 9.90 Å². The largest absolute Gasteiger partial charge is 0.382 e. The van der Waals surface area contributed by atoms with Crippen LogP contribution in [0.15, 0.2) is 4.90 Å². The Bertz CT molecular complexity index is 486. The third-order valence-corrected chi connectivity index (χ3v) is 4.31. The number of rotatable bonds is 4. The summed E-state index contributed by atoms with van der Waals surface area (Å²) in [7, 11) is -3.33. The van der Waals surface area contributed by atoms with Crippen LogP contribution in [-0.4, -0.2) is 25.6 Å². The molecule has 3 N–H and O–H groups in total. The molecule has 17 heavy (non-hydrogen) atoms. The second-order valence-corrected chi connectivity index (χ2v) is 7.96. The van der Waals surface area contributed by atoms with E-state index < -0.39 is 9.84 Å². The molecule has 0 spiro atoms. The molecule has 0 unspecified atom stereocenters. The van der Waals surface area contributed by atoms with E-state index in [1.54, 1.807) is 0 Å². The summed E-state index contributed by atoms with van der Waals surface area (Å²) in [4.78, 5) is 0.122. The Morgan fingerprint density at radius 1 is 1.41 bits per heavy atom. The lowest BCUT2D eigenvalue weighted by Crippen LogP contribution is -2.13. The van der Waals surface area contributed by atoms with Gasteiger partial charge in [-0.1, -0.05) is 20.8 Å². The Morgan fingerprint density at radius 2 is 2.00 bits per heavy atom. The molecule has 1 aromatic heterocycles. The van der Waals surface area contributed by atoms with Crippen LogP contribution in [-0.2, 0) is 9.84 Å². The molecule has 5 nitrogen and oxygen atoms in total. The minimum Gasteiger partial charge on any atom is -0.382 e. The first-order chi connectivity index (χ1) is 7.61. The summed E-state index contributed by atoms with van der Waals surface area (Å²) < 4.78 is 27.0. The second-order valence-electron chi connectivity index (χ2n) is 5.24. The van der Waals surface area contributed by atoms with Crippen molar-refractivity contribution in [3.63, 3.8) is 0 Å². The SMILES string of the molecule is CC(C)(C)CCNc1snc(N)c1S(C)(=O)=O. The highest BCUT2D eigenvalue weighted by Crippen LogP contribution is 2.31. The lowest BCUT2D eigenvalue weighted by molar-refractivity contribution is 0.390. The van der Waals surface area contributed by atoms with E-state index in [1.807, 2.05) is 0 Å². The molecule has 1 heterocycles. The summed E-state index contributed by atoms with van der Waals surface area (Å²) in [6, 6.07) is 0. The van der Waals surface area contributed by atoms with Crippen LogP contribution in [0.2, 0.25) is 0 Å². The first kappa shape index (κ1) is 14.2. The Hall–Kier alpha value is -0.820. The molecule has 7 heteroatoms. The van der Waals surface area contributed by atoms with Gasteiger partial charge in [0.15, 0.2) is 15.7 Å². The fourth-order valence-electron chi connectivity index (χ4n) is 1.32. The Kier molecular flexibility index (Phi) is 4.03. The Morgan fingerprint density at radius 3 is 2.47 bits per heavy atom. The minimum absolute atomic E-state index is 0.0794. The molecule has 0 aliphatic rings. The van der Waals surface area contributed by atoms with Gasteiger partial charge in [-0.05, 0) is 23.4 Å². The van der Waals surface area contributed by atoms with Crippen LogP contribution in [0, 0.1) is 5.41 Å². The molecule has 0 aliphatic heterocycles. The molecule has 1 rings (SSSR count). The van der Waals surface area contributed by atoms with E-state index in [4.69, 9.17) is 5.73 Å². The highest BCUT2D eigenvalue weighted by molar-refractivity contribution is 7.91. The molecule has 0 bridgehead atoms. The van der Waals surface area contributed by atoms with Crippen molar-refractivity contribution in [3.05, 3.63) is 0 Å². The number of hydrogen-bond acceptors (Lipinski definition) is 6. The number of aromatic nitrogens is 1. The third kappa shape index (κ3) is 4.16. The topological polar surface area (TPSA) is 85.1 Å². The van der Waals surface area contributed by atoms with Crippen molar-refractivity contribution >= 4 is 32.2 Å². The molecule has 98 valence electrons. The molecule has 0 aromatic carbocycles. The molecule has 0 saturated heterocycles. The van der Waals surface area contributed by atoms with Crippen LogP contribution in [0.5, 0.6) is 0 Å². The zero-order chi connectivity index (χ0) is 13.3. The van der Waals surface area contributed by atoms with E-state index in [-0.39, 0.29) is 16.1 Å². The standard InChI is InChI=1S/C10H19N3O2S2/c1-10(2,3)5-6-12-9-7(17(4,14)15)8(11)13-16-9/h12H,5-6H2,1-4H3,(H2,11,13). The minimum atomic E-state index is -3.33. The number of sulfone groups is 1. The third-order valence-electron chi connectivity index (χ3n) is 2.21. The van der Waals surface area contributed by atoms with Gasteiger partial charge in [-0.25, -0.2) is 8.42 Å². The van der Waals surface area contributed by atoms with Crippen LogP contribution in [0.1, 0.15) is 27.2 Å². The Labute approximate surface area is 107 Å². The summed E-state index contributed by atoms with van der Waals surface area (Å²) in [5.41, 5.74) is 5.77. The predicted octanol–water partition coefficient (Wildman–Crippen LogP) is 1.98. The van der Waals surface area contributed by atoms with Gasteiger partial charge < -0.3 is 11.1 Å². The molecular weight excluding hydrogens is 258 g/mol. The van der Waals surface area contributed by atoms with Crippen molar-refractivity contribution in [2.45, 2.75) is 32.1 Å². The highest BCUT2D eigenvalue weighted by Gasteiger charge is 2.21. The van der Waals surface area contributed by atoms with Gasteiger partial charge in [-0.3, -0.25) is 0 Å². The molecule has 0 radical (unpaired) electrons. The zero-order valence-electron chi connectivity index (χ0n) is 10.6. The van der Waals surface area contributed by atoms with E-state index >= 15 is 0 Å². The van der Waals surface area contributed by atoms with Gasteiger partial charge in [0, 0.05) is 12.8 Å². The van der Waals surface area contributed by atoms with Crippen molar-refractivity contribution in [1.82, 2.24) is 4.37 Å². The fourth-order valence-corrected chi connectivity index (χ4v) is 3.41. The summed E-state index contributed by atoms with van der Waals surface area (Å²) in [6.45, 7) is 7.10. The maximum atomic E-state index is 11.5. The fraction of sp³-hybridized carbons (Fsp3) is 0.700. The smallest absolute Gasteiger partial charge is 0.182 e. The molecule has 1 aromatic rings. The zero-order valence-corrected chi connectivity index (χ0v) is 12.2. The molecule has 0 atom stereocenters. The van der Waals surface area contributed by atoms with Crippen LogP contribution in [0.4, 0.5) is 10.8 Å². The van der Waals surface area contributed by atoms with E-state index in [0.717, 1.165) is 24.2 Å². The number of anilines is 2. The highest BCUT2D eigenvalue weighted by atomic mass is 32.2. The van der Waals surface area contributed by atoms with Crippen LogP contribution < -0.4 is 11.1 Å². The van der Waals surface area contributed by atoms with Gasteiger partial charge in [0.2, 0.25) is 0 Å². The van der Waals surface area contributed by atoms with Gasteiger partial charge in [-0.2, -0.15) is 4.37 Å². The normalized spacial score (nSPS) is 12.7. The van der Waals surface area contributed by atoms with Gasteiger partial charge >= 0.3 is 0 Å². The number of nitrogen functional groups attached to an aromatic ring is 1. The van der Waals surface area contributed by atoms with Crippen LogP contribution in [0.25, 0.3) is 0 Å². The Balaban J connectivity index is 2.80. The van der Waals surface area contributed by atoms with E-state index in [0.29, 0.717) is 11.5 Å². The quantitative estimate of drug-likeness (QED) is 0.879. The average Bonchev–Trinajstić information content (AvgIpc) is 2.43. The van der Waals surface area contributed by atoms with Crippen LogP contribution >= 0.6 is 11.5 Å². The molecule has 0 saturated carbocycles. The summed E-state index contributed by atoms with van der Waals surface area (Å²) in [5.74, 6) is 0.0794. The monoisotopic (exact) mass is 277 g/mol. The number of hydrogen-bond donors (Lipinski definition) is 2. The van der Waals surface area contributed by atoms with Gasteiger partial charge in [0.25, 0.3) is 0 Å². The molecule has 0 fully saturated rings. The van der Waals surface area contributed by atoms with Crippen LogP contribution in [0.3, 0.4) is 0 Å². The number of nitrogens with two attached hydrogens (primary N) is 1. The van der Waals surface area contributed by atoms with Crippen molar-refractivity contribution in [1.29, 1.82) is 0 Å². The van der Waals surface area contributed by atoms with Crippen molar-refractivity contribution < 1.29 is 8.42 Å². The van der Waals surface area contributed by atoms with E-state index in [1.165, 1.54) is 0 Å². The van der Waals surface area contributed by atoms with E-state index in [2.05, 4.69) is 30.5 Å². The van der Waals surface area contributed by atoms with Gasteiger partial charge in [-0.15, -0.1) is 0 Å². The van der Waals surface area contributed by atoms with Crippen molar-refractivity contribution in [2.24, 2.45) is 5.41 Å². The summed E-state index contributed by atoms with van der Waals surface area (Å²) in [5, 5.41) is 3.63. The summed E-state index contributed by atoms with van der Waals surface area (Å²) in [6.07, 6.45) is 2.08. The van der Waals surface area contributed by atoms with Gasteiger partial charge in [0.05, 0.1) is 0 Å². The van der Waals surface area contributed by atoms with Crippen molar-refractivity contribution in [3.8, 4) is 0 Å². The molecular formula is C10H19N3O2S2. The average molecular weight is 277 g/mol. The predicted molar refractivity (Wildman–Crippen MR) is 72.2 cm³/mol. The van der Waals surface area contributed by atoms with E-state index in [9.17, 15) is 8.42 Å². The first-order valence-electron chi connectivity index (χ1n) is 5.30.